The van der Waals surface area contributed by atoms with E-state index in [9.17, 15) is 20.2 Å². The smallest absolute Gasteiger partial charge is 0.283 e. The van der Waals surface area contributed by atoms with Gasteiger partial charge in [-0.1, -0.05) is 12.1 Å². The predicted octanol–water partition coefficient (Wildman–Crippen LogP) is 3.69. The highest BCUT2D eigenvalue weighted by Gasteiger charge is 2.17. The number of hydrogen-bond acceptors (Lipinski definition) is 6. The molecule has 124 valence electrons. The third kappa shape index (κ3) is 3.67. The van der Waals surface area contributed by atoms with Crippen LogP contribution in [0.3, 0.4) is 0 Å². The van der Waals surface area contributed by atoms with Gasteiger partial charge < -0.3 is 9.47 Å². The third-order valence-electron chi connectivity index (χ3n) is 3.28. The first-order valence-electron chi connectivity index (χ1n) is 6.79. The fraction of sp³-hybridized carbons (Fsp3) is 0.125. The van der Waals surface area contributed by atoms with Crippen LogP contribution in [-0.4, -0.2) is 24.1 Å². The van der Waals surface area contributed by atoms with Gasteiger partial charge in [-0.2, -0.15) is 0 Å². The third-order valence-corrected chi connectivity index (χ3v) is 3.28. The Labute approximate surface area is 137 Å². The number of non-ortho nitro benzene ring substituents is 1. The van der Waals surface area contributed by atoms with Gasteiger partial charge in [-0.15, -0.1) is 0 Å². The van der Waals surface area contributed by atoms with Crippen LogP contribution in [-0.2, 0) is 0 Å². The number of rotatable bonds is 6. The summed E-state index contributed by atoms with van der Waals surface area (Å²) in [6.45, 7) is 0. The van der Waals surface area contributed by atoms with Gasteiger partial charge in [0.25, 0.3) is 11.4 Å². The Kier molecular flexibility index (Phi) is 5.10. The van der Waals surface area contributed by atoms with Crippen molar-refractivity contribution in [2.24, 2.45) is 0 Å². The van der Waals surface area contributed by atoms with Crippen molar-refractivity contribution in [2.75, 3.05) is 14.2 Å². The van der Waals surface area contributed by atoms with E-state index < -0.39 is 9.85 Å². The maximum Gasteiger partial charge on any atom is 0.283 e. The van der Waals surface area contributed by atoms with Crippen LogP contribution < -0.4 is 9.47 Å². The highest BCUT2D eigenvalue weighted by molar-refractivity contribution is 5.75. The van der Waals surface area contributed by atoms with Crippen LogP contribution in [0, 0.1) is 20.2 Å². The number of methoxy groups -OCH3 is 2. The molecule has 8 heteroatoms. The lowest BCUT2D eigenvalue weighted by Crippen LogP contribution is -1.95. The van der Waals surface area contributed by atoms with Crippen molar-refractivity contribution in [3.8, 4) is 11.5 Å². The molecule has 0 aliphatic rings. The van der Waals surface area contributed by atoms with E-state index in [2.05, 4.69) is 0 Å². The van der Waals surface area contributed by atoms with Crippen LogP contribution >= 0.6 is 0 Å². The predicted molar refractivity (Wildman–Crippen MR) is 88.2 cm³/mol. The zero-order chi connectivity index (χ0) is 17.7. The molecule has 2 rings (SSSR count). The van der Waals surface area contributed by atoms with E-state index in [1.807, 2.05) is 0 Å². The fourth-order valence-electron chi connectivity index (χ4n) is 2.09. The topological polar surface area (TPSA) is 105 Å². The molecule has 0 saturated heterocycles. The summed E-state index contributed by atoms with van der Waals surface area (Å²) < 4.78 is 10.3. The first-order valence-corrected chi connectivity index (χ1v) is 6.79. The van der Waals surface area contributed by atoms with Crippen molar-refractivity contribution >= 4 is 23.5 Å². The summed E-state index contributed by atoms with van der Waals surface area (Å²) in [7, 11) is 3.03. The summed E-state index contributed by atoms with van der Waals surface area (Å²) in [5.41, 5.74) is 0.339. The Hall–Kier alpha value is -3.42. The molecule has 0 aromatic heterocycles. The molecule has 0 radical (unpaired) electrons. The Morgan fingerprint density at radius 3 is 2.17 bits per heavy atom. The number of hydrogen-bond donors (Lipinski definition) is 0. The second-order valence-corrected chi connectivity index (χ2v) is 4.71. The van der Waals surface area contributed by atoms with Gasteiger partial charge in [0.1, 0.15) is 0 Å². The lowest BCUT2D eigenvalue weighted by molar-refractivity contribution is -0.394. The van der Waals surface area contributed by atoms with Gasteiger partial charge >= 0.3 is 0 Å². The average Bonchev–Trinajstić information content (AvgIpc) is 2.59. The number of nitro groups is 2. The van der Waals surface area contributed by atoms with Crippen LogP contribution in [0.5, 0.6) is 11.5 Å². The Balaban J connectivity index is 2.38. The summed E-state index contributed by atoms with van der Waals surface area (Å²) in [6, 6.07) is 8.69. The number of nitrogens with zero attached hydrogens (tertiary/aromatic N) is 2. The van der Waals surface area contributed by atoms with E-state index in [1.165, 1.54) is 32.4 Å². The molecular formula is C16H14N2O6. The lowest BCUT2D eigenvalue weighted by Gasteiger charge is -2.07. The van der Waals surface area contributed by atoms with Crippen molar-refractivity contribution in [1.29, 1.82) is 0 Å². The first-order chi connectivity index (χ1) is 11.5. The summed E-state index contributed by atoms with van der Waals surface area (Å²) >= 11 is 0. The van der Waals surface area contributed by atoms with Gasteiger partial charge in [-0.05, 0) is 29.8 Å². The van der Waals surface area contributed by atoms with Crippen molar-refractivity contribution in [1.82, 2.24) is 0 Å². The van der Waals surface area contributed by atoms with Gasteiger partial charge in [-0.3, -0.25) is 20.2 Å². The molecule has 0 aliphatic heterocycles. The minimum absolute atomic E-state index is 0.264. The Morgan fingerprint density at radius 2 is 1.58 bits per heavy atom. The van der Waals surface area contributed by atoms with Crippen LogP contribution in [0.4, 0.5) is 11.4 Å². The van der Waals surface area contributed by atoms with E-state index >= 15 is 0 Å². The maximum absolute atomic E-state index is 11.1. The van der Waals surface area contributed by atoms with Crippen molar-refractivity contribution < 1.29 is 19.3 Å². The molecule has 0 unspecified atom stereocenters. The van der Waals surface area contributed by atoms with Crippen LogP contribution in [0.15, 0.2) is 36.4 Å². The molecule has 0 amide bonds. The maximum atomic E-state index is 11.1. The largest absolute Gasteiger partial charge is 0.493 e. The minimum Gasteiger partial charge on any atom is -0.493 e. The minimum atomic E-state index is -0.672. The zero-order valence-corrected chi connectivity index (χ0v) is 13.0. The molecule has 0 fully saturated rings. The van der Waals surface area contributed by atoms with Gasteiger partial charge in [0.05, 0.1) is 35.7 Å². The molecule has 2 aromatic carbocycles. The Bertz CT molecular complexity index is 816. The second-order valence-electron chi connectivity index (χ2n) is 4.71. The van der Waals surface area contributed by atoms with E-state index in [-0.39, 0.29) is 16.9 Å². The molecule has 0 atom stereocenters. The van der Waals surface area contributed by atoms with E-state index in [0.29, 0.717) is 11.5 Å². The monoisotopic (exact) mass is 330 g/mol. The molecule has 0 aliphatic carbocycles. The summed E-state index contributed by atoms with van der Waals surface area (Å²) in [5.74, 6) is 1.09. The number of nitro benzene ring substituents is 2. The molecule has 0 spiro atoms. The van der Waals surface area contributed by atoms with Gasteiger partial charge in [0, 0.05) is 6.07 Å². The molecule has 24 heavy (non-hydrogen) atoms. The normalized spacial score (nSPS) is 10.6. The van der Waals surface area contributed by atoms with Crippen LogP contribution in [0.2, 0.25) is 0 Å². The fourth-order valence-corrected chi connectivity index (χ4v) is 2.09. The second kappa shape index (κ2) is 7.23. The summed E-state index contributed by atoms with van der Waals surface area (Å²) in [6.07, 6.45) is 3.17. The SMILES string of the molecule is COc1ccc(/C=C/c2ccc([N+](=O)[O-])cc2[N+](=O)[O-])cc1OC. The van der Waals surface area contributed by atoms with Crippen LogP contribution in [0.25, 0.3) is 12.2 Å². The standard InChI is InChI=1S/C16H14N2O6/c1-23-15-8-4-11(9-16(15)24-2)3-5-12-6-7-13(17(19)20)10-14(12)18(21)22/h3-10H,1-2H3/b5-3+. The zero-order valence-electron chi connectivity index (χ0n) is 13.0. The molecule has 0 heterocycles. The average molecular weight is 330 g/mol. The van der Waals surface area contributed by atoms with Crippen molar-refractivity contribution in [3.05, 3.63) is 67.8 Å². The number of benzene rings is 2. The lowest BCUT2D eigenvalue weighted by atomic mass is 10.1. The molecule has 0 bridgehead atoms. The summed E-state index contributed by atoms with van der Waals surface area (Å²) in [5, 5.41) is 21.8. The molecule has 8 nitrogen and oxygen atoms in total. The quantitative estimate of drug-likeness (QED) is 0.454. The van der Waals surface area contributed by atoms with Crippen molar-refractivity contribution in [3.63, 3.8) is 0 Å². The molecule has 0 N–H and O–H groups in total. The van der Waals surface area contributed by atoms with Gasteiger partial charge in [0.2, 0.25) is 0 Å². The van der Waals surface area contributed by atoms with Gasteiger partial charge in [0.15, 0.2) is 11.5 Å². The van der Waals surface area contributed by atoms with E-state index in [4.69, 9.17) is 9.47 Å². The van der Waals surface area contributed by atoms with Crippen molar-refractivity contribution in [2.45, 2.75) is 0 Å². The summed E-state index contributed by atoms with van der Waals surface area (Å²) in [4.78, 5) is 20.5. The highest BCUT2D eigenvalue weighted by atomic mass is 16.6. The van der Waals surface area contributed by atoms with Gasteiger partial charge in [-0.25, -0.2) is 0 Å². The Morgan fingerprint density at radius 1 is 0.875 bits per heavy atom. The molecule has 2 aromatic rings. The first kappa shape index (κ1) is 16.9. The number of ether oxygens (including phenoxy) is 2. The molecule has 0 saturated carbocycles. The molecular weight excluding hydrogens is 316 g/mol. The van der Waals surface area contributed by atoms with E-state index in [1.54, 1.807) is 24.3 Å². The van der Waals surface area contributed by atoms with Crippen LogP contribution in [0.1, 0.15) is 11.1 Å². The van der Waals surface area contributed by atoms with E-state index in [0.717, 1.165) is 11.6 Å². The highest BCUT2D eigenvalue weighted by Crippen LogP contribution is 2.30.